The Balaban J connectivity index is -0.0000000450. The molecule has 4 heteroatoms. The topological polar surface area (TPSA) is 68.8 Å². The van der Waals surface area contributed by atoms with E-state index < -0.39 is 5.97 Å². The molecule has 0 heterocycles. The molecule has 0 atom stereocenters. The Labute approximate surface area is 55.8 Å². The second-order valence-corrected chi connectivity index (χ2v) is 0.519. The summed E-state index contributed by atoms with van der Waals surface area (Å²) >= 11 is 0. The van der Waals surface area contributed by atoms with E-state index in [1.165, 1.54) is 0 Å². The maximum absolute atomic E-state index is 9.00. The predicted molar refractivity (Wildman–Crippen MR) is 22.7 cm³/mol. The third-order valence-corrected chi connectivity index (χ3v) is 0. The van der Waals surface area contributed by atoms with Crippen molar-refractivity contribution in [1.82, 2.24) is 0 Å². The molecule has 0 aliphatic heterocycles. The zero-order chi connectivity index (χ0) is 3.58. The van der Waals surface area contributed by atoms with Crippen LogP contribution in [0.1, 0.15) is 6.92 Å². The fourth-order valence-electron chi connectivity index (χ4n) is 0. The van der Waals surface area contributed by atoms with Gasteiger partial charge in [-0.05, 0) is 0 Å². The molecule has 0 aromatic carbocycles. The largest absolute Gasteiger partial charge is 0.481 e. The molecule has 0 saturated carbocycles. The van der Waals surface area contributed by atoms with Gasteiger partial charge < -0.3 is 10.6 Å². The van der Waals surface area contributed by atoms with E-state index in [0.29, 0.717) is 0 Å². The Hall–Kier alpha value is 0.352. The first-order valence-electron chi connectivity index (χ1n) is 0.928. The smallest absolute Gasteiger partial charge is 0.300 e. The van der Waals surface area contributed by atoms with Crippen LogP contribution < -0.4 is 0 Å². The van der Waals surface area contributed by atoms with Crippen molar-refractivity contribution in [1.29, 1.82) is 0 Å². The second kappa shape index (κ2) is 9.02. The molecule has 0 amide bonds. The van der Waals surface area contributed by atoms with Crippen LogP contribution in [-0.2, 0) is 4.79 Å². The first kappa shape index (κ1) is 16.2. The molecular weight excluding hydrogens is 279 g/mol. The van der Waals surface area contributed by atoms with E-state index in [1.54, 1.807) is 0 Å². The number of hydrogen-bond acceptors (Lipinski definition) is 1. The molecule has 0 bridgehead atoms. The maximum atomic E-state index is 9.00. The van der Waals surface area contributed by atoms with Crippen LogP contribution in [-0.4, -0.2) is 43.9 Å². The van der Waals surface area contributed by atoms with Crippen LogP contribution in [0.5, 0.6) is 0 Å². The van der Waals surface area contributed by atoms with E-state index in [1.807, 2.05) is 0 Å². The van der Waals surface area contributed by atoms with Gasteiger partial charge in [-0.25, -0.2) is 0 Å². The molecule has 0 unspecified atom stereocenters. The summed E-state index contributed by atoms with van der Waals surface area (Å²) in [5, 5.41) is 7.42. The average molecular weight is 285 g/mol. The molecule has 0 spiro atoms. The van der Waals surface area contributed by atoms with Gasteiger partial charge in [0.2, 0.25) is 0 Å². The van der Waals surface area contributed by atoms with Crippen molar-refractivity contribution in [2.24, 2.45) is 0 Å². The van der Waals surface area contributed by atoms with E-state index in [9.17, 15) is 0 Å². The number of carboxylic acids is 1. The van der Waals surface area contributed by atoms with Crippen LogP contribution in [0.3, 0.4) is 0 Å². The van der Waals surface area contributed by atoms with Gasteiger partial charge in [0.05, 0.1) is 0 Å². The summed E-state index contributed by atoms with van der Waals surface area (Å²) in [6, 6.07) is 0. The zero-order valence-electron chi connectivity index (χ0n) is 3.36. The molecule has 0 aromatic heterocycles. The van der Waals surface area contributed by atoms with Crippen molar-refractivity contribution in [2.75, 3.05) is 0 Å². The van der Waals surface area contributed by atoms with Crippen LogP contribution >= 0.6 is 0 Å². The van der Waals surface area contributed by atoms with Crippen molar-refractivity contribution in [3.8, 4) is 0 Å². The minimum Gasteiger partial charge on any atom is -0.481 e. The quantitative estimate of drug-likeness (QED) is 0.573. The minimum absolute atomic E-state index is 0. The summed E-state index contributed by atoms with van der Waals surface area (Å²) in [6.07, 6.45) is 0. The van der Waals surface area contributed by atoms with Gasteiger partial charge in [-0.3, -0.25) is 4.79 Å². The molecule has 0 fully saturated rings. The SMILES string of the molecule is CC(=O)O.O.[Pb]. The Kier molecular flexibility index (Phi) is 24.3. The van der Waals surface area contributed by atoms with Gasteiger partial charge in [-0.15, -0.1) is 0 Å². The number of hydrogen-bond donors (Lipinski definition) is 1. The van der Waals surface area contributed by atoms with Gasteiger partial charge >= 0.3 is 0 Å². The van der Waals surface area contributed by atoms with Crippen molar-refractivity contribution in [3.05, 3.63) is 0 Å². The zero-order valence-corrected chi connectivity index (χ0v) is 7.24. The van der Waals surface area contributed by atoms with Crippen molar-refractivity contribution >= 4 is 33.3 Å². The van der Waals surface area contributed by atoms with E-state index in [4.69, 9.17) is 9.90 Å². The summed E-state index contributed by atoms with van der Waals surface area (Å²) in [5.41, 5.74) is 0. The Bertz CT molecular complexity index is 31.8. The Morgan fingerprint density at radius 1 is 1.67 bits per heavy atom. The minimum atomic E-state index is -0.833. The maximum Gasteiger partial charge on any atom is 0.300 e. The number of aliphatic carboxylic acids is 1. The summed E-state index contributed by atoms with van der Waals surface area (Å²) in [5.74, 6) is -0.833. The summed E-state index contributed by atoms with van der Waals surface area (Å²) in [7, 11) is 0. The number of rotatable bonds is 0. The Morgan fingerprint density at radius 2 is 1.67 bits per heavy atom. The Morgan fingerprint density at radius 3 is 1.67 bits per heavy atom. The summed E-state index contributed by atoms with van der Waals surface area (Å²) in [4.78, 5) is 9.00. The molecule has 3 N–H and O–H groups in total. The molecule has 6 heavy (non-hydrogen) atoms. The molecule has 4 radical (unpaired) electrons. The van der Waals surface area contributed by atoms with E-state index in [0.717, 1.165) is 6.92 Å². The fraction of sp³-hybridized carbons (Fsp3) is 0.500. The second-order valence-electron chi connectivity index (χ2n) is 0.519. The van der Waals surface area contributed by atoms with E-state index >= 15 is 0 Å². The molecule has 0 aliphatic rings. The molecular formula is C2H6O3Pb. The van der Waals surface area contributed by atoms with Gasteiger partial charge in [0.1, 0.15) is 0 Å². The van der Waals surface area contributed by atoms with Crippen LogP contribution in [0.4, 0.5) is 0 Å². The third kappa shape index (κ3) is 395. The number of carbonyl (C=O) groups is 1. The molecule has 0 aromatic rings. The van der Waals surface area contributed by atoms with Crippen molar-refractivity contribution in [2.45, 2.75) is 6.92 Å². The van der Waals surface area contributed by atoms with E-state index in [-0.39, 0.29) is 32.8 Å². The standard InChI is InChI=1S/C2H4O2.H2O.Pb/c1-2(3)4;;/h1H3,(H,3,4);1H2;. The van der Waals surface area contributed by atoms with Gasteiger partial charge in [0.25, 0.3) is 5.97 Å². The normalized spacial score (nSPS) is 4.17. The predicted octanol–water partition coefficient (Wildman–Crippen LogP) is -1.11. The van der Waals surface area contributed by atoms with Gasteiger partial charge in [0.15, 0.2) is 0 Å². The van der Waals surface area contributed by atoms with Gasteiger partial charge in [0, 0.05) is 34.2 Å². The van der Waals surface area contributed by atoms with Crippen LogP contribution in [0.2, 0.25) is 0 Å². The molecule has 0 saturated heterocycles. The fourth-order valence-corrected chi connectivity index (χ4v) is 0. The first-order valence-corrected chi connectivity index (χ1v) is 0.928. The molecule has 3 nitrogen and oxygen atoms in total. The number of carboxylic acid groups (broad SMARTS) is 1. The monoisotopic (exact) mass is 286 g/mol. The van der Waals surface area contributed by atoms with Gasteiger partial charge in [-0.1, -0.05) is 0 Å². The van der Waals surface area contributed by atoms with Crippen molar-refractivity contribution < 1.29 is 15.4 Å². The summed E-state index contributed by atoms with van der Waals surface area (Å²) in [6.45, 7) is 1.08. The molecule has 0 aliphatic carbocycles. The van der Waals surface area contributed by atoms with Crippen LogP contribution in [0.15, 0.2) is 0 Å². The first-order chi connectivity index (χ1) is 1.73. The van der Waals surface area contributed by atoms with Crippen LogP contribution in [0, 0.1) is 0 Å². The molecule has 36 valence electrons. The molecule has 0 rings (SSSR count). The third-order valence-electron chi connectivity index (χ3n) is 0. The van der Waals surface area contributed by atoms with Crippen molar-refractivity contribution in [3.63, 3.8) is 0 Å². The summed E-state index contributed by atoms with van der Waals surface area (Å²) < 4.78 is 0. The van der Waals surface area contributed by atoms with E-state index in [2.05, 4.69) is 0 Å². The van der Waals surface area contributed by atoms with Crippen LogP contribution in [0.25, 0.3) is 0 Å². The van der Waals surface area contributed by atoms with Gasteiger partial charge in [-0.2, -0.15) is 0 Å². The average Bonchev–Trinajstić information content (AvgIpc) is 0.811.